The number of hydrogen-bond acceptors (Lipinski definition) is 6. The van der Waals surface area contributed by atoms with Crippen LogP contribution in [0.2, 0.25) is 0 Å². The number of anilines is 2. The number of aromatic nitrogens is 2. The van der Waals surface area contributed by atoms with Gasteiger partial charge in [-0.2, -0.15) is 0 Å². The Morgan fingerprint density at radius 3 is 2.61 bits per heavy atom. The number of nitrogens with one attached hydrogen (secondary N) is 2. The molecule has 3 rings (SSSR count). The number of ether oxygens (including phenoxy) is 1. The molecule has 0 saturated heterocycles. The monoisotopic (exact) mass is 395 g/mol. The molecule has 0 fully saturated rings. The van der Waals surface area contributed by atoms with Gasteiger partial charge in [0.15, 0.2) is 5.82 Å². The van der Waals surface area contributed by atoms with Crippen molar-refractivity contribution >= 4 is 29.3 Å². The SMILES string of the molecule is CNC(=O)Nc1ccc(-c2nc(N)cc(CSc3ccccc3OC)n2)cc1. The fraction of sp³-hybridized carbons (Fsp3) is 0.150. The number of amides is 2. The van der Waals surface area contributed by atoms with Crippen LogP contribution in [0.1, 0.15) is 5.69 Å². The number of rotatable bonds is 6. The van der Waals surface area contributed by atoms with Gasteiger partial charge >= 0.3 is 6.03 Å². The summed E-state index contributed by atoms with van der Waals surface area (Å²) >= 11 is 1.62. The first-order chi connectivity index (χ1) is 13.6. The Hall–Kier alpha value is -3.26. The van der Waals surface area contributed by atoms with Crippen LogP contribution in [0.15, 0.2) is 59.5 Å². The molecule has 28 heavy (non-hydrogen) atoms. The van der Waals surface area contributed by atoms with Gasteiger partial charge in [0.2, 0.25) is 0 Å². The number of nitrogens with two attached hydrogens (primary N) is 1. The molecule has 4 N–H and O–H groups in total. The molecule has 0 saturated carbocycles. The van der Waals surface area contributed by atoms with Crippen LogP contribution < -0.4 is 21.1 Å². The highest BCUT2D eigenvalue weighted by Gasteiger charge is 2.09. The Balaban J connectivity index is 1.77. The van der Waals surface area contributed by atoms with Gasteiger partial charge in [0, 0.05) is 35.0 Å². The Labute approximate surface area is 167 Å². The summed E-state index contributed by atoms with van der Waals surface area (Å²) in [6.07, 6.45) is 0. The standard InChI is InChI=1S/C20H21N5O2S/c1-22-20(26)24-14-9-7-13(8-10-14)19-23-15(11-18(21)25-19)12-28-17-6-4-3-5-16(17)27-2/h3-11H,12H2,1-2H3,(H2,21,23,25)(H2,22,24,26). The molecule has 144 valence electrons. The Bertz CT molecular complexity index is 963. The van der Waals surface area contributed by atoms with Crippen LogP contribution in [0.4, 0.5) is 16.3 Å². The van der Waals surface area contributed by atoms with Gasteiger partial charge in [-0.25, -0.2) is 14.8 Å². The predicted molar refractivity (Wildman–Crippen MR) is 113 cm³/mol. The highest BCUT2D eigenvalue weighted by Crippen LogP contribution is 2.31. The second-order valence-electron chi connectivity index (χ2n) is 5.83. The first-order valence-electron chi connectivity index (χ1n) is 8.57. The topological polar surface area (TPSA) is 102 Å². The molecular weight excluding hydrogens is 374 g/mol. The molecule has 0 unspecified atom stereocenters. The molecule has 0 aliphatic heterocycles. The van der Waals surface area contributed by atoms with Gasteiger partial charge < -0.3 is 21.1 Å². The van der Waals surface area contributed by atoms with Crippen molar-refractivity contribution in [3.63, 3.8) is 0 Å². The smallest absolute Gasteiger partial charge is 0.318 e. The molecule has 8 heteroatoms. The minimum absolute atomic E-state index is 0.274. The van der Waals surface area contributed by atoms with E-state index < -0.39 is 0 Å². The molecule has 2 amide bonds. The second-order valence-corrected chi connectivity index (χ2v) is 6.85. The molecule has 0 spiro atoms. The van der Waals surface area contributed by atoms with E-state index in [4.69, 9.17) is 10.5 Å². The zero-order valence-electron chi connectivity index (χ0n) is 15.6. The van der Waals surface area contributed by atoms with Crippen LogP contribution in [0, 0.1) is 0 Å². The molecule has 1 heterocycles. The summed E-state index contributed by atoms with van der Waals surface area (Å²) in [5.41, 5.74) is 8.31. The molecule has 1 aromatic heterocycles. The van der Waals surface area contributed by atoms with Crippen LogP contribution in [0.25, 0.3) is 11.4 Å². The summed E-state index contributed by atoms with van der Waals surface area (Å²) in [4.78, 5) is 21.4. The molecular formula is C20H21N5O2S. The molecule has 0 aliphatic rings. The van der Waals surface area contributed by atoms with E-state index in [0.29, 0.717) is 23.1 Å². The minimum atomic E-state index is -0.274. The van der Waals surface area contributed by atoms with Gasteiger partial charge in [0.25, 0.3) is 0 Å². The van der Waals surface area contributed by atoms with E-state index >= 15 is 0 Å². The van der Waals surface area contributed by atoms with Crippen molar-refractivity contribution in [3.05, 3.63) is 60.3 Å². The van der Waals surface area contributed by atoms with Crippen molar-refractivity contribution in [2.75, 3.05) is 25.2 Å². The van der Waals surface area contributed by atoms with Crippen molar-refractivity contribution < 1.29 is 9.53 Å². The van der Waals surface area contributed by atoms with Gasteiger partial charge in [0.05, 0.1) is 12.8 Å². The summed E-state index contributed by atoms with van der Waals surface area (Å²) in [6, 6.07) is 16.6. The molecule has 0 aliphatic carbocycles. The third kappa shape index (κ3) is 4.92. The van der Waals surface area contributed by atoms with Crippen LogP contribution in [-0.2, 0) is 5.75 Å². The van der Waals surface area contributed by atoms with Gasteiger partial charge in [-0.05, 0) is 36.4 Å². The van der Waals surface area contributed by atoms with Crippen molar-refractivity contribution in [1.29, 1.82) is 0 Å². The highest BCUT2D eigenvalue weighted by molar-refractivity contribution is 7.98. The molecule has 0 radical (unpaired) electrons. The van der Waals surface area contributed by atoms with Gasteiger partial charge in [-0.1, -0.05) is 12.1 Å². The Kier molecular flexibility index (Phi) is 6.33. The third-order valence-corrected chi connectivity index (χ3v) is 4.96. The van der Waals surface area contributed by atoms with E-state index in [9.17, 15) is 4.79 Å². The number of benzene rings is 2. The summed E-state index contributed by atoms with van der Waals surface area (Å²) in [5.74, 6) is 2.42. The first-order valence-corrected chi connectivity index (χ1v) is 9.56. The van der Waals surface area contributed by atoms with E-state index in [1.165, 1.54) is 0 Å². The largest absolute Gasteiger partial charge is 0.496 e. The maximum Gasteiger partial charge on any atom is 0.318 e. The minimum Gasteiger partial charge on any atom is -0.496 e. The lowest BCUT2D eigenvalue weighted by molar-refractivity contribution is 0.254. The number of para-hydroxylation sites is 1. The number of thioether (sulfide) groups is 1. The normalized spacial score (nSPS) is 10.4. The van der Waals surface area contributed by atoms with E-state index in [2.05, 4.69) is 20.6 Å². The average molecular weight is 395 g/mol. The Morgan fingerprint density at radius 2 is 1.89 bits per heavy atom. The number of methoxy groups -OCH3 is 1. The lowest BCUT2D eigenvalue weighted by Crippen LogP contribution is -2.24. The second kappa shape index (κ2) is 9.09. The average Bonchev–Trinajstić information content (AvgIpc) is 2.72. The number of carbonyl (C=O) groups excluding carboxylic acids is 1. The van der Waals surface area contributed by atoms with Gasteiger partial charge in [-0.15, -0.1) is 11.8 Å². The van der Waals surface area contributed by atoms with Crippen LogP contribution in [-0.4, -0.2) is 30.2 Å². The van der Waals surface area contributed by atoms with Gasteiger partial charge in [-0.3, -0.25) is 0 Å². The van der Waals surface area contributed by atoms with Crippen LogP contribution in [0.5, 0.6) is 5.75 Å². The zero-order chi connectivity index (χ0) is 19.9. The number of urea groups is 1. The van der Waals surface area contributed by atoms with Crippen molar-refractivity contribution in [1.82, 2.24) is 15.3 Å². The number of hydrogen-bond donors (Lipinski definition) is 3. The molecule has 0 bridgehead atoms. The maximum absolute atomic E-state index is 11.4. The number of carbonyl (C=O) groups is 1. The molecule has 7 nitrogen and oxygen atoms in total. The predicted octanol–water partition coefficient (Wildman–Crippen LogP) is 3.78. The lowest BCUT2D eigenvalue weighted by atomic mass is 10.2. The molecule has 2 aromatic carbocycles. The lowest BCUT2D eigenvalue weighted by Gasteiger charge is -2.09. The van der Waals surface area contributed by atoms with E-state index in [-0.39, 0.29) is 6.03 Å². The van der Waals surface area contributed by atoms with E-state index in [1.54, 1.807) is 44.1 Å². The van der Waals surface area contributed by atoms with E-state index in [1.807, 2.05) is 36.4 Å². The van der Waals surface area contributed by atoms with Crippen molar-refractivity contribution in [2.45, 2.75) is 10.6 Å². The fourth-order valence-corrected chi connectivity index (χ4v) is 3.43. The van der Waals surface area contributed by atoms with Crippen LogP contribution in [0.3, 0.4) is 0 Å². The summed E-state index contributed by atoms with van der Waals surface area (Å²) in [6.45, 7) is 0. The quantitative estimate of drug-likeness (QED) is 0.549. The third-order valence-electron chi connectivity index (χ3n) is 3.87. The zero-order valence-corrected chi connectivity index (χ0v) is 16.4. The highest BCUT2D eigenvalue weighted by atomic mass is 32.2. The van der Waals surface area contributed by atoms with Gasteiger partial charge in [0.1, 0.15) is 11.6 Å². The Morgan fingerprint density at radius 1 is 1.14 bits per heavy atom. The maximum atomic E-state index is 11.4. The van der Waals surface area contributed by atoms with Crippen LogP contribution >= 0.6 is 11.8 Å². The number of nitrogens with zero attached hydrogens (tertiary/aromatic N) is 2. The number of nitrogen functional groups attached to an aromatic ring is 1. The molecule has 3 aromatic rings. The summed E-state index contributed by atoms with van der Waals surface area (Å²) in [5, 5.41) is 5.22. The summed E-state index contributed by atoms with van der Waals surface area (Å²) in [7, 11) is 3.22. The first kappa shape index (κ1) is 19.5. The summed E-state index contributed by atoms with van der Waals surface area (Å²) < 4.78 is 5.38. The van der Waals surface area contributed by atoms with Crippen molar-refractivity contribution in [2.24, 2.45) is 0 Å². The fourth-order valence-electron chi connectivity index (χ4n) is 2.51. The molecule has 0 atom stereocenters. The van der Waals surface area contributed by atoms with E-state index in [0.717, 1.165) is 21.9 Å². The van der Waals surface area contributed by atoms with Crippen molar-refractivity contribution in [3.8, 4) is 17.1 Å².